The predicted molar refractivity (Wildman–Crippen MR) is 92.1 cm³/mol. The van der Waals surface area contributed by atoms with Crippen molar-refractivity contribution in [3.63, 3.8) is 0 Å². The quantitative estimate of drug-likeness (QED) is 0.803. The van der Waals surface area contributed by atoms with Gasteiger partial charge in [0.2, 0.25) is 0 Å². The van der Waals surface area contributed by atoms with E-state index in [9.17, 15) is 9.00 Å². The summed E-state index contributed by atoms with van der Waals surface area (Å²) in [6.07, 6.45) is 0.976. The molecule has 2 unspecified atom stereocenters. The molecule has 0 saturated carbocycles. The van der Waals surface area contributed by atoms with Crippen LogP contribution in [-0.4, -0.2) is 21.3 Å². The van der Waals surface area contributed by atoms with E-state index in [4.69, 9.17) is 5.11 Å². The lowest BCUT2D eigenvalue weighted by molar-refractivity contribution is -0.140. The number of benzene rings is 1. The van der Waals surface area contributed by atoms with Crippen molar-refractivity contribution in [1.82, 2.24) is 4.72 Å². The first kappa shape index (κ1) is 20.8. The average Bonchev–Trinajstić information content (AvgIpc) is 2.46. The molecule has 0 radical (unpaired) electrons. The Hall–Kier alpha value is -1.20. The Bertz CT molecular complexity index is 469. The Morgan fingerprint density at radius 3 is 2.00 bits per heavy atom. The molecule has 4 nitrogen and oxygen atoms in total. The summed E-state index contributed by atoms with van der Waals surface area (Å²) in [7, 11) is -1.51. The Balaban J connectivity index is 0.00000211. The van der Waals surface area contributed by atoms with E-state index in [0.29, 0.717) is 10.8 Å². The molecule has 0 fully saturated rings. The highest BCUT2D eigenvalue weighted by atomic mass is 32.2. The van der Waals surface area contributed by atoms with E-state index in [1.165, 1.54) is 5.56 Å². The fraction of sp³-hybridized carbons (Fsp3) is 0.588. The maximum atomic E-state index is 12.1. The third-order valence-corrected chi connectivity index (χ3v) is 4.12. The molecule has 0 amide bonds. The zero-order chi connectivity index (χ0) is 17.3. The molecule has 0 heterocycles. The van der Waals surface area contributed by atoms with E-state index in [2.05, 4.69) is 18.6 Å². The van der Waals surface area contributed by atoms with Crippen molar-refractivity contribution >= 4 is 17.0 Å². The average molecular weight is 327 g/mol. The van der Waals surface area contributed by atoms with Gasteiger partial charge < -0.3 is 5.11 Å². The number of nitrogens with one attached hydrogen (secondary N) is 1. The van der Waals surface area contributed by atoms with E-state index in [1.807, 2.05) is 26.0 Å². The van der Waals surface area contributed by atoms with Gasteiger partial charge >= 0.3 is 5.97 Å². The molecule has 0 spiro atoms. The van der Waals surface area contributed by atoms with E-state index >= 15 is 0 Å². The highest BCUT2D eigenvalue weighted by Crippen LogP contribution is 2.13. The number of carboxylic acids is 1. The van der Waals surface area contributed by atoms with Gasteiger partial charge in [-0.15, -0.1) is 0 Å². The minimum atomic E-state index is -1.51. The summed E-state index contributed by atoms with van der Waals surface area (Å²) in [5, 5.41) is 9.09. The van der Waals surface area contributed by atoms with E-state index in [-0.39, 0.29) is 5.92 Å². The van der Waals surface area contributed by atoms with Crippen molar-refractivity contribution in [2.45, 2.75) is 58.9 Å². The maximum Gasteiger partial charge on any atom is 0.321 e. The summed E-state index contributed by atoms with van der Waals surface area (Å²) < 4.78 is 14.8. The van der Waals surface area contributed by atoms with Crippen molar-refractivity contribution in [1.29, 1.82) is 0 Å². The van der Waals surface area contributed by atoms with Crippen LogP contribution in [0.5, 0.6) is 0 Å². The molecular formula is C17H29NO3S. The normalized spacial score (nSPS) is 13.5. The lowest BCUT2D eigenvalue weighted by Gasteiger charge is -2.17. The summed E-state index contributed by atoms with van der Waals surface area (Å²) in [5.41, 5.74) is 1.19. The van der Waals surface area contributed by atoms with Crippen LogP contribution in [0.4, 0.5) is 0 Å². The van der Waals surface area contributed by atoms with Crippen LogP contribution in [0.15, 0.2) is 29.2 Å². The predicted octanol–water partition coefficient (Wildman–Crippen LogP) is 3.63. The SMILES string of the molecule is CC.CC(C)Cc1ccc(S(=O)NC(C(=O)O)C(C)C)cc1. The molecule has 1 aromatic rings. The van der Waals surface area contributed by atoms with Gasteiger partial charge in [-0.25, -0.2) is 8.93 Å². The smallest absolute Gasteiger partial charge is 0.321 e. The molecule has 22 heavy (non-hydrogen) atoms. The topological polar surface area (TPSA) is 66.4 Å². The van der Waals surface area contributed by atoms with Crippen molar-refractivity contribution in [3.05, 3.63) is 29.8 Å². The zero-order valence-electron chi connectivity index (χ0n) is 14.4. The molecule has 0 aromatic heterocycles. The highest BCUT2D eigenvalue weighted by Gasteiger charge is 2.23. The Labute approximate surface area is 136 Å². The highest BCUT2D eigenvalue weighted by molar-refractivity contribution is 7.83. The second-order valence-corrected chi connectivity index (χ2v) is 6.93. The first-order valence-corrected chi connectivity index (χ1v) is 8.96. The van der Waals surface area contributed by atoms with Gasteiger partial charge in [0.25, 0.3) is 0 Å². The molecule has 0 aliphatic rings. The first-order valence-electron chi connectivity index (χ1n) is 7.81. The third kappa shape index (κ3) is 7.18. The van der Waals surface area contributed by atoms with E-state index in [1.54, 1.807) is 26.0 Å². The molecule has 2 N–H and O–H groups in total. The van der Waals surface area contributed by atoms with Crippen LogP contribution < -0.4 is 4.72 Å². The molecular weight excluding hydrogens is 298 g/mol. The fourth-order valence-corrected chi connectivity index (χ4v) is 3.00. The minimum absolute atomic E-state index is 0.128. The minimum Gasteiger partial charge on any atom is -0.480 e. The lowest BCUT2D eigenvalue weighted by atomic mass is 10.0. The van der Waals surface area contributed by atoms with Gasteiger partial charge in [-0.05, 0) is 36.0 Å². The van der Waals surface area contributed by atoms with Crippen molar-refractivity contribution in [2.24, 2.45) is 11.8 Å². The number of rotatable bonds is 7. The summed E-state index contributed by atoms with van der Waals surface area (Å²) in [4.78, 5) is 11.7. The Kier molecular flexibility index (Phi) is 9.94. The van der Waals surface area contributed by atoms with Crippen LogP contribution in [0.2, 0.25) is 0 Å². The van der Waals surface area contributed by atoms with Gasteiger partial charge in [-0.1, -0.05) is 53.7 Å². The largest absolute Gasteiger partial charge is 0.480 e. The van der Waals surface area contributed by atoms with Crippen LogP contribution >= 0.6 is 0 Å². The standard InChI is InChI=1S/C15H23NO3S.C2H6/c1-10(2)9-12-5-7-13(8-6-12)20(19)16-14(11(3)4)15(17)18;1-2/h5-8,10-11,14,16H,9H2,1-4H3,(H,17,18);1-2H3. The maximum absolute atomic E-state index is 12.1. The van der Waals surface area contributed by atoms with Crippen molar-refractivity contribution < 1.29 is 14.1 Å². The van der Waals surface area contributed by atoms with Crippen LogP contribution in [-0.2, 0) is 22.2 Å². The van der Waals surface area contributed by atoms with Gasteiger partial charge in [0, 0.05) is 0 Å². The van der Waals surface area contributed by atoms with Gasteiger partial charge in [0.1, 0.15) is 17.0 Å². The summed E-state index contributed by atoms with van der Waals surface area (Å²) in [5.74, 6) is -0.539. The summed E-state index contributed by atoms with van der Waals surface area (Å²) in [6.45, 7) is 11.9. The van der Waals surface area contributed by atoms with Crippen LogP contribution in [0.25, 0.3) is 0 Å². The first-order chi connectivity index (χ1) is 10.3. The number of carboxylic acid groups (broad SMARTS) is 1. The van der Waals surface area contributed by atoms with Crippen LogP contribution in [0, 0.1) is 11.8 Å². The molecule has 0 aliphatic carbocycles. The molecule has 0 saturated heterocycles. The summed E-state index contributed by atoms with van der Waals surface area (Å²) in [6, 6.07) is 6.66. The zero-order valence-corrected chi connectivity index (χ0v) is 15.2. The third-order valence-electron chi connectivity index (χ3n) is 2.95. The molecule has 0 aliphatic heterocycles. The molecule has 5 heteroatoms. The van der Waals surface area contributed by atoms with Crippen LogP contribution in [0.1, 0.15) is 47.1 Å². The Morgan fingerprint density at radius 1 is 1.14 bits per heavy atom. The number of hydrogen-bond donors (Lipinski definition) is 2. The monoisotopic (exact) mass is 327 g/mol. The second kappa shape index (κ2) is 10.5. The fourth-order valence-electron chi connectivity index (χ4n) is 1.88. The molecule has 1 rings (SSSR count). The summed E-state index contributed by atoms with van der Waals surface area (Å²) >= 11 is 0. The van der Waals surface area contributed by atoms with Gasteiger partial charge in [-0.3, -0.25) is 4.79 Å². The molecule has 0 bridgehead atoms. The molecule has 1 aromatic carbocycles. The Morgan fingerprint density at radius 2 is 1.64 bits per heavy atom. The lowest BCUT2D eigenvalue weighted by Crippen LogP contribution is -2.41. The van der Waals surface area contributed by atoms with Gasteiger partial charge in [0.05, 0.1) is 4.90 Å². The molecule has 126 valence electrons. The number of hydrogen-bond acceptors (Lipinski definition) is 2. The van der Waals surface area contributed by atoms with Crippen molar-refractivity contribution in [3.8, 4) is 0 Å². The van der Waals surface area contributed by atoms with Crippen molar-refractivity contribution in [2.75, 3.05) is 0 Å². The number of aliphatic carboxylic acids is 1. The molecule has 2 atom stereocenters. The van der Waals surface area contributed by atoms with Crippen LogP contribution in [0.3, 0.4) is 0 Å². The van der Waals surface area contributed by atoms with E-state index < -0.39 is 23.0 Å². The number of carbonyl (C=O) groups is 1. The van der Waals surface area contributed by atoms with Gasteiger partial charge in [-0.2, -0.15) is 0 Å². The second-order valence-electron chi connectivity index (χ2n) is 5.69. The van der Waals surface area contributed by atoms with Gasteiger partial charge in [0.15, 0.2) is 0 Å². The van der Waals surface area contributed by atoms with E-state index in [0.717, 1.165) is 6.42 Å².